The Balaban J connectivity index is 1.91. The molecule has 1 aromatic heterocycles. The summed E-state index contributed by atoms with van der Waals surface area (Å²) in [4.78, 5) is 11.2. The molecule has 2 heterocycles. The van der Waals surface area contributed by atoms with Crippen LogP contribution in [0.3, 0.4) is 0 Å². The molecule has 1 atom stereocenters. The SMILES string of the molecule is CCNc1cc(OCCC2CCCN2C)nc(COC)n1. The number of rotatable bonds is 8. The topological polar surface area (TPSA) is 59.5 Å². The Morgan fingerprint density at radius 2 is 2.29 bits per heavy atom. The van der Waals surface area contributed by atoms with Crippen molar-refractivity contribution in [3.8, 4) is 5.88 Å². The van der Waals surface area contributed by atoms with E-state index < -0.39 is 0 Å². The fraction of sp³-hybridized carbons (Fsp3) is 0.733. The summed E-state index contributed by atoms with van der Waals surface area (Å²) in [7, 11) is 3.82. The van der Waals surface area contributed by atoms with Crippen LogP contribution in [-0.2, 0) is 11.3 Å². The van der Waals surface area contributed by atoms with Crippen molar-refractivity contribution in [2.45, 2.75) is 38.8 Å². The molecule has 1 saturated heterocycles. The quantitative estimate of drug-likeness (QED) is 0.790. The third-order valence-electron chi connectivity index (χ3n) is 3.75. The maximum atomic E-state index is 5.82. The van der Waals surface area contributed by atoms with Gasteiger partial charge in [0.05, 0.1) is 6.61 Å². The van der Waals surface area contributed by atoms with Gasteiger partial charge < -0.3 is 19.7 Å². The fourth-order valence-electron chi connectivity index (χ4n) is 2.66. The molecule has 6 nitrogen and oxygen atoms in total. The lowest BCUT2D eigenvalue weighted by Crippen LogP contribution is -2.26. The van der Waals surface area contributed by atoms with Crippen LogP contribution in [0.4, 0.5) is 5.82 Å². The van der Waals surface area contributed by atoms with Gasteiger partial charge in [0, 0.05) is 25.8 Å². The summed E-state index contributed by atoms with van der Waals surface area (Å²) in [5.74, 6) is 2.05. The van der Waals surface area contributed by atoms with Crippen molar-refractivity contribution in [1.29, 1.82) is 0 Å². The van der Waals surface area contributed by atoms with Gasteiger partial charge in [-0.25, -0.2) is 4.98 Å². The highest BCUT2D eigenvalue weighted by atomic mass is 16.5. The van der Waals surface area contributed by atoms with E-state index >= 15 is 0 Å². The number of aromatic nitrogens is 2. The number of nitrogens with zero attached hydrogens (tertiary/aromatic N) is 3. The van der Waals surface area contributed by atoms with Crippen LogP contribution >= 0.6 is 0 Å². The summed E-state index contributed by atoms with van der Waals surface area (Å²) >= 11 is 0. The Labute approximate surface area is 126 Å². The minimum absolute atomic E-state index is 0.390. The number of methoxy groups -OCH3 is 1. The molecule has 0 spiro atoms. The van der Waals surface area contributed by atoms with Gasteiger partial charge in [0.15, 0.2) is 5.82 Å². The lowest BCUT2D eigenvalue weighted by atomic mass is 10.1. The van der Waals surface area contributed by atoms with Crippen molar-refractivity contribution >= 4 is 5.82 Å². The summed E-state index contributed by atoms with van der Waals surface area (Å²) in [6.45, 7) is 5.12. The predicted molar refractivity (Wildman–Crippen MR) is 82.7 cm³/mol. The van der Waals surface area contributed by atoms with Crippen LogP contribution in [-0.4, -0.2) is 54.8 Å². The number of anilines is 1. The molecule has 0 amide bonds. The molecule has 1 aliphatic rings. The minimum atomic E-state index is 0.390. The van der Waals surface area contributed by atoms with E-state index in [1.54, 1.807) is 7.11 Å². The van der Waals surface area contributed by atoms with E-state index in [-0.39, 0.29) is 0 Å². The lowest BCUT2D eigenvalue weighted by molar-refractivity contribution is 0.175. The molecule has 0 saturated carbocycles. The van der Waals surface area contributed by atoms with Gasteiger partial charge >= 0.3 is 0 Å². The second kappa shape index (κ2) is 8.14. The van der Waals surface area contributed by atoms with Crippen LogP contribution in [0.5, 0.6) is 5.88 Å². The van der Waals surface area contributed by atoms with E-state index in [0.29, 0.717) is 31.0 Å². The van der Waals surface area contributed by atoms with Crippen molar-refractivity contribution in [2.24, 2.45) is 0 Å². The van der Waals surface area contributed by atoms with Gasteiger partial charge in [0.1, 0.15) is 12.4 Å². The average Bonchev–Trinajstić information content (AvgIpc) is 2.85. The molecule has 1 unspecified atom stereocenters. The summed E-state index contributed by atoms with van der Waals surface area (Å²) in [5.41, 5.74) is 0. The predicted octanol–water partition coefficient (Wildman–Crippen LogP) is 1.92. The Morgan fingerprint density at radius 1 is 1.43 bits per heavy atom. The second-order valence-electron chi connectivity index (χ2n) is 5.38. The van der Waals surface area contributed by atoms with E-state index in [4.69, 9.17) is 9.47 Å². The van der Waals surface area contributed by atoms with Crippen LogP contribution in [0.1, 0.15) is 32.0 Å². The number of hydrogen-bond acceptors (Lipinski definition) is 6. The van der Waals surface area contributed by atoms with E-state index in [1.165, 1.54) is 19.4 Å². The van der Waals surface area contributed by atoms with Crippen LogP contribution < -0.4 is 10.1 Å². The van der Waals surface area contributed by atoms with Crippen molar-refractivity contribution in [1.82, 2.24) is 14.9 Å². The smallest absolute Gasteiger partial charge is 0.218 e. The molecule has 0 aliphatic carbocycles. The zero-order chi connectivity index (χ0) is 15.1. The Kier molecular flexibility index (Phi) is 6.20. The fourth-order valence-corrected chi connectivity index (χ4v) is 2.66. The summed E-state index contributed by atoms with van der Waals surface area (Å²) in [6, 6.07) is 2.49. The molecule has 2 rings (SSSR count). The third kappa shape index (κ3) is 4.82. The second-order valence-corrected chi connectivity index (χ2v) is 5.38. The highest BCUT2D eigenvalue weighted by molar-refractivity contribution is 5.38. The molecule has 21 heavy (non-hydrogen) atoms. The zero-order valence-electron chi connectivity index (χ0n) is 13.3. The molecular weight excluding hydrogens is 268 g/mol. The first kappa shape index (κ1) is 16.0. The van der Waals surface area contributed by atoms with Gasteiger partial charge in [0.25, 0.3) is 0 Å². The molecule has 6 heteroatoms. The average molecular weight is 294 g/mol. The summed E-state index contributed by atoms with van der Waals surface area (Å²) in [5, 5.41) is 3.19. The molecule has 1 aromatic rings. The molecule has 118 valence electrons. The Hall–Kier alpha value is -1.40. The van der Waals surface area contributed by atoms with E-state index in [1.807, 2.05) is 13.0 Å². The van der Waals surface area contributed by atoms with E-state index in [0.717, 1.165) is 18.8 Å². The number of likely N-dealkylation sites (tertiary alicyclic amines) is 1. The van der Waals surface area contributed by atoms with Gasteiger partial charge in [-0.15, -0.1) is 0 Å². The molecular formula is C15H26N4O2. The normalized spacial score (nSPS) is 18.9. The molecule has 0 bridgehead atoms. The largest absolute Gasteiger partial charge is 0.477 e. The molecule has 0 aromatic carbocycles. The monoisotopic (exact) mass is 294 g/mol. The van der Waals surface area contributed by atoms with Crippen LogP contribution in [0.2, 0.25) is 0 Å². The van der Waals surface area contributed by atoms with Crippen molar-refractivity contribution in [2.75, 3.05) is 39.2 Å². The molecule has 1 aliphatic heterocycles. The first-order valence-electron chi connectivity index (χ1n) is 7.66. The minimum Gasteiger partial charge on any atom is -0.477 e. The van der Waals surface area contributed by atoms with Crippen LogP contribution in [0, 0.1) is 0 Å². The summed E-state index contributed by atoms with van der Waals surface area (Å²) < 4.78 is 10.9. The first-order valence-corrected chi connectivity index (χ1v) is 7.66. The maximum absolute atomic E-state index is 5.82. The highest BCUT2D eigenvalue weighted by Gasteiger charge is 2.20. The lowest BCUT2D eigenvalue weighted by Gasteiger charge is -2.19. The number of hydrogen-bond donors (Lipinski definition) is 1. The van der Waals surface area contributed by atoms with Gasteiger partial charge in [-0.3, -0.25) is 0 Å². The number of ether oxygens (including phenoxy) is 2. The number of nitrogens with one attached hydrogen (secondary N) is 1. The van der Waals surface area contributed by atoms with Crippen LogP contribution in [0.25, 0.3) is 0 Å². The molecule has 0 radical (unpaired) electrons. The molecule has 1 fully saturated rings. The van der Waals surface area contributed by atoms with E-state index in [9.17, 15) is 0 Å². The van der Waals surface area contributed by atoms with Crippen molar-refractivity contribution < 1.29 is 9.47 Å². The van der Waals surface area contributed by atoms with Crippen molar-refractivity contribution in [3.05, 3.63) is 11.9 Å². The Bertz CT molecular complexity index is 417. The first-order chi connectivity index (χ1) is 10.2. The third-order valence-corrected chi connectivity index (χ3v) is 3.75. The summed E-state index contributed by atoms with van der Waals surface area (Å²) in [6.07, 6.45) is 3.59. The van der Waals surface area contributed by atoms with Gasteiger partial charge in [-0.05, 0) is 39.8 Å². The van der Waals surface area contributed by atoms with Gasteiger partial charge in [-0.2, -0.15) is 4.98 Å². The van der Waals surface area contributed by atoms with E-state index in [2.05, 4.69) is 27.2 Å². The Morgan fingerprint density at radius 3 is 2.95 bits per heavy atom. The van der Waals surface area contributed by atoms with Crippen LogP contribution in [0.15, 0.2) is 6.07 Å². The van der Waals surface area contributed by atoms with Gasteiger partial charge in [0.2, 0.25) is 5.88 Å². The van der Waals surface area contributed by atoms with Crippen molar-refractivity contribution in [3.63, 3.8) is 0 Å². The highest BCUT2D eigenvalue weighted by Crippen LogP contribution is 2.19. The standard InChI is InChI=1S/C15H26N4O2/c1-4-16-13-10-15(18-14(17-13)11-20-3)21-9-7-12-6-5-8-19(12)2/h10,12H,4-9,11H2,1-3H3,(H,16,17,18). The zero-order valence-corrected chi connectivity index (χ0v) is 13.3. The molecule has 1 N–H and O–H groups in total. The van der Waals surface area contributed by atoms with Gasteiger partial charge in [-0.1, -0.05) is 0 Å². The maximum Gasteiger partial charge on any atom is 0.218 e.